The number of amides is 1. The average Bonchev–Trinajstić information content (AvgIpc) is 2.28. The molecule has 1 unspecified atom stereocenters. The summed E-state index contributed by atoms with van der Waals surface area (Å²) in [6.07, 6.45) is -0.933. The summed E-state index contributed by atoms with van der Waals surface area (Å²) in [5, 5.41) is 2.33. The lowest BCUT2D eigenvalue weighted by Crippen LogP contribution is -2.34. The van der Waals surface area contributed by atoms with Crippen molar-refractivity contribution < 1.29 is 22.3 Å². The molecular weight excluding hydrogens is 285 g/mol. The van der Waals surface area contributed by atoms with Crippen LogP contribution in [-0.2, 0) is 13.8 Å². The predicted molar refractivity (Wildman–Crippen MR) is 63.6 cm³/mol. The lowest BCUT2D eigenvalue weighted by atomic mass is 10.3. The van der Waals surface area contributed by atoms with Crippen LogP contribution in [-0.4, -0.2) is 27.5 Å². The summed E-state index contributed by atoms with van der Waals surface area (Å²) in [5.74, 6) is -1.39. The van der Waals surface area contributed by atoms with Crippen molar-refractivity contribution in [3.05, 3.63) is 24.0 Å². The molecule has 1 aromatic rings. The smallest absolute Gasteiger partial charge is 0.265 e. The molecule has 18 heavy (non-hydrogen) atoms. The molecule has 8 heteroatoms. The van der Waals surface area contributed by atoms with Gasteiger partial charge in [-0.25, -0.2) is 12.8 Å². The highest BCUT2D eigenvalue weighted by atomic mass is 35.7. The standard InChI is InChI=1S/C10H11ClFNO4S/c1-6(10(14)13-2)17-8-4-3-7(12)5-9(8)18(11,15)16/h3-6H,1-2H3,(H,13,14). The Labute approximate surface area is 108 Å². The van der Waals surface area contributed by atoms with E-state index in [2.05, 4.69) is 5.32 Å². The van der Waals surface area contributed by atoms with Gasteiger partial charge in [0.1, 0.15) is 16.5 Å². The summed E-state index contributed by atoms with van der Waals surface area (Å²) in [7, 11) is 2.41. The van der Waals surface area contributed by atoms with Gasteiger partial charge in [0.05, 0.1) is 0 Å². The lowest BCUT2D eigenvalue weighted by Gasteiger charge is -2.15. The number of halogens is 2. The van der Waals surface area contributed by atoms with E-state index in [1.165, 1.54) is 14.0 Å². The number of nitrogens with one attached hydrogen (secondary N) is 1. The molecule has 0 aliphatic carbocycles. The summed E-state index contributed by atoms with van der Waals surface area (Å²) in [6.45, 7) is 1.42. The molecule has 1 amide bonds. The van der Waals surface area contributed by atoms with Crippen molar-refractivity contribution in [3.63, 3.8) is 0 Å². The Bertz CT molecular complexity index is 561. The first-order valence-corrected chi connectivity index (χ1v) is 7.19. The second-order valence-corrected chi connectivity index (χ2v) is 5.94. The van der Waals surface area contributed by atoms with Crippen molar-refractivity contribution in [1.82, 2.24) is 5.32 Å². The zero-order valence-electron chi connectivity index (χ0n) is 9.61. The monoisotopic (exact) mass is 295 g/mol. The van der Waals surface area contributed by atoms with Crippen LogP contribution in [0.5, 0.6) is 5.75 Å². The second kappa shape index (κ2) is 5.53. The molecule has 0 spiro atoms. The van der Waals surface area contributed by atoms with E-state index in [1.54, 1.807) is 0 Å². The zero-order valence-corrected chi connectivity index (χ0v) is 11.2. The quantitative estimate of drug-likeness (QED) is 0.849. The molecule has 0 aliphatic rings. The molecule has 1 aromatic carbocycles. The van der Waals surface area contributed by atoms with Crippen LogP contribution >= 0.6 is 10.7 Å². The topological polar surface area (TPSA) is 72.5 Å². The van der Waals surface area contributed by atoms with E-state index in [9.17, 15) is 17.6 Å². The van der Waals surface area contributed by atoms with Crippen LogP contribution in [0.1, 0.15) is 6.92 Å². The average molecular weight is 296 g/mol. The molecule has 100 valence electrons. The molecule has 0 aliphatic heterocycles. The van der Waals surface area contributed by atoms with Crippen molar-refractivity contribution in [2.75, 3.05) is 7.05 Å². The normalized spacial score (nSPS) is 12.9. The van der Waals surface area contributed by atoms with Crippen molar-refractivity contribution >= 4 is 25.6 Å². The Kier molecular flexibility index (Phi) is 4.53. The first kappa shape index (κ1) is 14.7. The fourth-order valence-electron chi connectivity index (χ4n) is 1.22. The van der Waals surface area contributed by atoms with E-state index in [0.717, 1.165) is 18.2 Å². The minimum atomic E-state index is -4.16. The molecule has 1 rings (SSSR count). The van der Waals surface area contributed by atoms with Crippen molar-refractivity contribution in [2.45, 2.75) is 17.9 Å². The minimum Gasteiger partial charge on any atom is -0.479 e. The van der Waals surface area contributed by atoms with Crippen molar-refractivity contribution in [1.29, 1.82) is 0 Å². The first-order chi connectivity index (χ1) is 8.25. The van der Waals surface area contributed by atoms with Gasteiger partial charge in [-0.3, -0.25) is 4.79 Å². The van der Waals surface area contributed by atoms with Gasteiger partial charge in [0.25, 0.3) is 15.0 Å². The maximum Gasteiger partial charge on any atom is 0.265 e. The van der Waals surface area contributed by atoms with Crippen molar-refractivity contribution in [2.24, 2.45) is 0 Å². The van der Waals surface area contributed by atoms with E-state index in [4.69, 9.17) is 15.4 Å². The highest BCUT2D eigenvalue weighted by molar-refractivity contribution is 8.13. The van der Waals surface area contributed by atoms with Gasteiger partial charge in [-0.15, -0.1) is 0 Å². The van der Waals surface area contributed by atoms with Crippen LogP contribution in [0.25, 0.3) is 0 Å². The highest BCUT2D eigenvalue weighted by Gasteiger charge is 2.21. The van der Waals surface area contributed by atoms with Crippen LogP contribution in [0.2, 0.25) is 0 Å². The molecule has 0 saturated carbocycles. The Balaban J connectivity index is 3.14. The van der Waals surface area contributed by atoms with Crippen LogP contribution in [0.4, 0.5) is 4.39 Å². The lowest BCUT2D eigenvalue weighted by molar-refractivity contribution is -0.126. The third kappa shape index (κ3) is 3.58. The Morgan fingerprint density at radius 3 is 2.61 bits per heavy atom. The van der Waals surface area contributed by atoms with Crippen LogP contribution < -0.4 is 10.1 Å². The second-order valence-electron chi connectivity index (χ2n) is 3.40. The largest absolute Gasteiger partial charge is 0.479 e. The molecule has 1 N–H and O–H groups in total. The first-order valence-electron chi connectivity index (χ1n) is 4.88. The molecular formula is C10H11ClFNO4S. The SMILES string of the molecule is CNC(=O)C(C)Oc1ccc(F)cc1S(=O)(=O)Cl. The molecule has 5 nitrogen and oxygen atoms in total. The summed E-state index contributed by atoms with van der Waals surface area (Å²) in [6, 6.07) is 2.84. The maximum absolute atomic E-state index is 13.0. The third-order valence-electron chi connectivity index (χ3n) is 2.09. The van der Waals surface area contributed by atoms with Gasteiger partial charge in [0.15, 0.2) is 6.10 Å². The van der Waals surface area contributed by atoms with Gasteiger partial charge < -0.3 is 10.1 Å². The predicted octanol–water partition coefficient (Wildman–Crippen LogP) is 1.27. The van der Waals surface area contributed by atoms with Crippen LogP contribution in [0.15, 0.2) is 23.1 Å². The highest BCUT2D eigenvalue weighted by Crippen LogP contribution is 2.28. The summed E-state index contributed by atoms with van der Waals surface area (Å²) < 4.78 is 40.6. The van der Waals surface area contributed by atoms with Gasteiger partial charge in [0.2, 0.25) is 0 Å². The van der Waals surface area contributed by atoms with E-state index in [1.807, 2.05) is 0 Å². The molecule has 0 bridgehead atoms. The van der Waals surface area contributed by atoms with Crippen molar-refractivity contribution in [3.8, 4) is 5.75 Å². The number of hydrogen-bond acceptors (Lipinski definition) is 4. The molecule has 0 fully saturated rings. The fraction of sp³-hybridized carbons (Fsp3) is 0.300. The third-order valence-corrected chi connectivity index (χ3v) is 3.43. The molecule has 0 saturated heterocycles. The number of benzene rings is 1. The molecule has 0 heterocycles. The van der Waals surface area contributed by atoms with E-state index >= 15 is 0 Å². The van der Waals surface area contributed by atoms with Gasteiger partial charge in [-0.1, -0.05) is 0 Å². The molecule has 0 radical (unpaired) electrons. The van der Waals surface area contributed by atoms with E-state index in [0.29, 0.717) is 0 Å². The minimum absolute atomic E-state index is 0.178. The Morgan fingerprint density at radius 2 is 2.11 bits per heavy atom. The summed E-state index contributed by atoms with van der Waals surface area (Å²) >= 11 is 0. The van der Waals surface area contributed by atoms with Gasteiger partial charge in [-0.2, -0.15) is 0 Å². The number of ether oxygens (including phenoxy) is 1. The van der Waals surface area contributed by atoms with E-state index < -0.39 is 31.8 Å². The van der Waals surface area contributed by atoms with Gasteiger partial charge in [0, 0.05) is 17.7 Å². The molecule has 1 atom stereocenters. The number of carbonyl (C=O) groups excluding carboxylic acids is 1. The number of carbonyl (C=O) groups is 1. The number of hydrogen-bond donors (Lipinski definition) is 1. The Hall–Kier alpha value is -1.34. The fourth-order valence-corrected chi connectivity index (χ4v) is 2.19. The number of rotatable bonds is 4. The van der Waals surface area contributed by atoms with E-state index in [-0.39, 0.29) is 5.75 Å². The summed E-state index contributed by atoms with van der Waals surface area (Å²) in [5.41, 5.74) is 0. The number of likely N-dealkylation sites (N-methyl/N-ethyl adjacent to an activating group) is 1. The van der Waals surface area contributed by atoms with Gasteiger partial charge in [-0.05, 0) is 25.1 Å². The summed E-state index contributed by atoms with van der Waals surface area (Å²) in [4.78, 5) is 10.7. The molecule has 0 aromatic heterocycles. The Morgan fingerprint density at radius 1 is 1.50 bits per heavy atom. The van der Waals surface area contributed by atoms with Crippen LogP contribution in [0.3, 0.4) is 0 Å². The van der Waals surface area contributed by atoms with Crippen LogP contribution in [0, 0.1) is 5.82 Å². The zero-order chi connectivity index (χ0) is 13.9. The van der Waals surface area contributed by atoms with Gasteiger partial charge >= 0.3 is 0 Å². The maximum atomic E-state index is 13.0.